The molecule has 0 unspecified atom stereocenters. The van der Waals surface area contributed by atoms with Crippen molar-refractivity contribution in [3.05, 3.63) is 34.5 Å². The second kappa shape index (κ2) is 8.38. The Kier molecular flexibility index (Phi) is 6.50. The molecule has 3 heteroatoms. The van der Waals surface area contributed by atoms with Crippen molar-refractivity contribution >= 4 is 32.7 Å². The number of Topliss-reactive ketones (excluding diaryl/α,β-unsaturated/α-hetero) is 1. The maximum absolute atomic E-state index is 12.2. The first-order chi connectivity index (χ1) is 10.2. The number of unbranched alkanes of at least 4 members (excludes halogenated alkanes) is 6. The van der Waals surface area contributed by atoms with Gasteiger partial charge in [0.2, 0.25) is 0 Å². The lowest BCUT2D eigenvalue weighted by Crippen LogP contribution is -1.96. The molecule has 1 aromatic carbocycles. The highest BCUT2D eigenvalue weighted by molar-refractivity contribution is 9.10. The molecule has 2 aromatic rings. The molecule has 2 nitrogen and oxygen atoms in total. The maximum Gasteiger partial charge on any atom is 0.198 e. The van der Waals surface area contributed by atoms with Gasteiger partial charge in [-0.3, -0.25) is 4.79 Å². The molecular weight excluding hydrogens is 328 g/mol. The Bertz CT molecular complexity index is 586. The highest BCUT2D eigenvalue weighted by atomic mass is 79.9. The van der Waals surface area contributed by atoms with Gasteiger partial charge in [0.05, 0.1) is 4.47 Å². The van der Waals surface area contributed by atoms with Gasteiger partial charge in [-0.2, -0.15) is 0 Å². The fraction of sp³-hybridized carbons (Fsp3) is 0.500. The molecule has 21 heavy (non-hydrogen) atoms. The number of carbonyl (C=O) groups excluding carboxylic acids is 1. The van der Waals surface area contributed by atoms with Gasteiger partial charge in [0.25, 0.3) is 0 Å². The number of para-hydroxylation sites is 1. The monoisotopic (exact) mass is 350 g/mol. The Balaban J connectivity index is 1.78. The molecule has 0 spiro atoms. The van der Waals surface area contributed by atoms with E-state index in [4.69, 9.17) is 4.42 Å². The van der Waals surface area contributed by atoms with Crippen LogP contribution in [0.3, 0.4) is 0 Å². The van der Waals surface area contributed by atoms with Crippen molar-refractivity contribution in [2.75, 3.05) is 0 Å². The Morgan fingerprint density at radius 2 is 1.81 bits per heavy atom. The summed E-state index contributed by atoms with van der Waals surface area (Å²) in [6.07, 6.45) is 9.14. The van der Waals surface area contributed by atoms with Gasteiger partial charge >= 0.3 is 0 Å². The summed E-state index contributed by atoms with van der Waals surface area (Å²) in [4.78, 5) is 12.2. The normalized spacial score (nSPS) is 11.1. The third kappa shape index (κ3) is 4.70. The van der Waals surface area contributed by atoms with E-state index < -0.39 is 0 Å². The van der Waals surface area contributed by atoms with Crippen LogP contribution in [0.2, 0.25) is 0 Å². The zero-order valence-corrected chi connectivity index (χ0v) is 14.2. The largest absolute Gasteiger partial charge is 0.452 e. The van der Waals surface area contributed by atoms with Crippen molar-refractivity contribution in [2.24, 2.45) is 0 Å². The number of halogens is 1. The molecule has 114 valence electrons. The summed E-state index contributed by atoms with van der Waals surface area (Å²) in [6.45, 7) is 2.23. The van der Waals surface area contributed by atoms with E-state index in [9.17, 15) is 4.79 Å². The fourth-order valence-corrected chi connectivity index (χ4v) is 2.99. The lowest BCUT2D eigenvalue weighted by Gasteiger charge is -2.00. The first kappa shape index (κ1) is 16.3. The summed E-state index contributed by atoms with van der Waals surface area (Å²) in [6, 6.07) is 7.70. The minimum atomic E-state index is 0.117. The van der Waals surface area contributed by atoms with Gasteiger partial charge in [-0.1, -0.05) is 57.6 Å². The summed E-state index contributed by atoms with van der Waals surface area (Å²) in [5, 5.41) is 0.979. The molecule has 0 aliphatic rings. The van der Waals surface area contributed by atoms with Gasteiger partial charge in [-0.05, 0) is 34.5 Å². The van der Waals surface area contributed by atoms with E-state index in [1.807, 2.05) is 24.3 Å². The van der Waals surface area contributed by atoms with Crippen LogP contribution in [0.5, 0.6) is 0 Å². The van der Waals surface area contributed by atoms with E-state index in [0.29, 0.717) is 12.2 Å². The molecule has 1 aromatic heterocycles. The van der Waals surface area contributed by atoms with E-state index in [1.54, 1.807) is 0 Å². The van der Waals surface area contributed by atoms with Crippen LogP contribution in [-0.2, 0) is 0 Å². The van der Waals surface area contributed by atoms with Gasteiger partial charge in [-0.25, -0.2) is 0 Å². The second-order valence-electron chi connectivity index (χ2n) is 5.56. The Hall–Kier alpha value is -1.09. The standard InChI is InChI=1S/C18H23BrO2/c1-2-3-4-5-6-7-8-12-16(20)17-13-14-10-9-11-15(19)18(14)21-17/h9-11,13H,2-8,12H2,1H3. The van der Waals surface area contributed by atoms with Gasteiger partial charge in [0.15, 0.2) is 11.5 Å². The summed E-state index contributed by atoms with van der Waals surface area (Å²) >= 11 is 3.45. The number of carbonyl (C=O) groups is 1. The van der Waals surface area contributed by atoms with Crippen LogP contribution in [0.1, 0.15) is 68.8 Å². The lowest BCUT2D eigenvalue weighted by molar-refractivity contribution is 0.0954. The fourth-order valence-electron chi connectivity index (χ4n) is 2.53. The number of rotatable bonds is 9. The van der Waals surface area contributed by atoms with E-state index in [1.165, 1.54) is 32.1 Å². The third-order valence-corrected chi connectivity index (χ3v) is 4.40. The summed E-state index contributed by atoms with van der Waals surface area (Å²) < 4.78 is 6.57. The summed E-state index contributed by atoms with van der Waals surface area (Å²) in [5.74, 6) is 0.606. The minimum Gasteiger partial charge on any atom is -0.452 e. The van der Waals surface area contributed by atoms with Gasteiger partial charge < -0.3 is 4.42 Å². The van der Waals surface area contributed by atoms with Crippen molar-refractivity contribution in [3.8, 4) is 0 Å². The zero-order valence-electron chi connectivity index (χ0n) is 12.7. The molecule has 0 bridgehead atoms. The Morgan fingerprint density at radius 1 is 1.10 bits per heavy atom. The van der Waals surface area contributed by atoms with Gasteiger partial charge in [0.1, 0.15) is 5.58 Å². The highest BCUT2D eigenvalue weighted by Gasteiger charge is 2.13. The number of fused-ring (bicyclic) bond motifs is 1. The maximum atomic E-state index is 12.2. The predicted octanol–water partition coefficient (Wildman–Crippen LogP) is 6.52. The van der Waals surface area contributed by atoms with E-state index in [-0.39, 0.29) is 5.78 Å². The van der Waals surface area contributed by atoms with E-state index in [2.05, 4.69) is 22.9 Å². The number of furan rings is 1. The summed E-state index contributed by atoms with van der Waals surface area (Å²) in [5.41, 5.74) is 0.764. The molecule has 0 saturated carbocycles. The molecule has 2 rings (SSSR count). The molecule has 0 radical (unpaired) electrons. The molecule has 0 saturated heterocycles. The molecule has 0 fully saturated rings. The molecule has 0 atom stereocenters. The Morgan fingerprint density at radius 3 is 2.52 bits per heavy atom. The average molecular weight is 351 g/mol. The van der Waals surface area contributed by atoms with Gasteiger partial charge in [-0.15, -0.1) is 0 Å². The van der Waals surface area contributed by atoms with Crippen molar-refractivity contribution in [1.29, 1.82) is 0 Å². The zero-order chi connectivity index (χ0) is 15.1. The Labute approximate surface area is 135 Å². The van der Waals surface area contributed by atoms with Crippen LogP contribution in [-0.4, -0.2) is 5.78 Å². The second-order valence-corrected chi connectivity index (χ2v) is 6.42. The first-order valence-corrected chi connectivity index (χ1v) is 8.73. The lowest BCUT2D eigenvalue weighted by atomic mass is 10.1. The smallest absolute Gasteiger partial charge is 0.198 e. The minimum absolute atomic E-state index is 0.117. The van der Waals surface area contributed by atoms with E-state index >= 15 is 0 Å². The first-order valence-electron chi connectivity index (χ1n) is 7.93. The number of benzene rings is 1. The van der Waals surface area contributed by atoms with Crippen LogP contribution in [0.4, 0.5) is 0 Å². The van der Waals surface area contributed by atoms with Crippen LogP contribution < -0.4 is 0 Å². The van der Waals surface area contributed by atoms with Crippen molar-refractivity contribution < 1.29 is 9.21 Å². The molecule has 1 heterocycles. The molecular formula is C18H23BrO2. The highest BCUT2D eigenvalue weighted by Crippen LogP contribution is 2.27. The third-order valence-electron chi connectivity index (χ3n) is 3.78. The molecule has 0 aliphatic carbocycles. The number of hydrogen-bond donors (Lipinski definition) is 0. The predicted molar refractivity (Wildman–Crippen MR) is 90.9 cm³/mol. The summed E-state index contributed by atoms with van der Waals surface area (Å²) in [7, 11) is 0. The van der Waals surface area contributed by atoms with Crippen molar-refractivity contribution in [3.63, 3.8) is 0 Å². The van der Waals surface area contributed by atoms with Crippen LogP contribution in [0.15, 0.2) is 33.2 Å². The van der Waals surface area contributed by atoms with Crippen LogP contribution >= 0.6 is 15.9 Å². The number of ketones is 1. The van der Waals surface area contributed by atoms with Crippen LogP contribution in [0.25, 0.3) is 11.0 Å². The average Bonchev–Trinajstić information content (AvgIpc) is 2.92. The molecule has 0 N–H and O–H groups in total. The van der Waals surface area contributed by atoms with Crippen molar-refractivity contribution in [2.45, 2.75) is 58.3 Å². The van der Waals surface area contributed by atoms with Crippen molar-refractivity contribution in [1.82, 2.24) is 0 Å². The quantitative estimate of drug-likeness (QED) is 0.380. The SMILES string of the molecule is CCCCCCCCCC(=O)c1cc2cccc(Br)c2o1. The number of hydrogen-bond acceptors (Lipinski definition) is 2. The molecule has 0 aliphatic heterocycles. The topological polar surface area (TPSA) is 30.2 Å². The van der Waals surface area contributed by atoms with E-state index in [0.717, 1.165) is 28.3 Å². The molecule has 0 amide bonds. The van der Waals surface area contributed by atoms with Gasteiger partial charge in [0, 0.05) is 11.8 Å². The van der Waals surface area contributed by atoms with Crippen LogP contribution in [0, 0.1) is 0 Å².